The van der Waals surface area contributed by atoms with Crippen LogP contribution >= 0.6 is 11.8 Å². The van der Waals surface area contributed by atoms with Gasteiger partial charge in [0.2, 0.25) is 17.7 Å². The number of amides is 3. The van der Waals surface area contributed by atoms with Crippen molar-refractivity contribution in [1.82, 2.24) is 14.7 Å². The number of aliphatic hydroxyl groups is 1. The molecule has 0 bridgehead atoms. The van der Waals surface area contributed by atoms with E-state index in [0.717, 1.165) is 5.56 Å². The van der Waals surface area contributed by atoms with Gasteiger partial charge in [0.05, 0.1) is 29.2 Å². The molecule has 4 aliphatic heterocycles. The Kier molecular flexibility index (Phi) is 6.30. The molecule has 1 unspecified atom stereocenters. The minimum absolute atomic E-state index is 0.0457. The summed E-state index contributed by atoms with van der Waals surface area (Å²) in [4.78, 5) is 47.0. The van der Waals surface area contributed by atoms with E-state index in [9.17, 15) is 19.5 Å². The van der Waals surface area contributed by atoms with E-state index in [1.165, 1.54) is 0 Å². The van der Waals surface area contributed by atoms with Crippen LogP contribution in [0.15, 0.2) is 54.6 Å². The molecule has 2 saturated heterocycles. The summed E-state index contributed by atoms with van der Waals surface area (Å²) in [6.45, 7) is 5.07. The van der Waals surface area contributed by atoms with E-state index in [2.05, 4.69) is 0 Å². The van der Waals surface area contributed by atoms with Gasteiger partial charge in [-0.1, -0.05) is 68.5 Å². The van der Waals surface area contributed by atoms with Crippen LogP contribution in [0.25, 0.3) is 0 Å². The number of fused-ring (bicyclic) bond motifs is 2. The highest BCUT2D eigenvalue weighted by Crippen LogP contribution is 2.61. The molecule has 1 N–H and O–H groups in total. The van der Waals surface area contributed by atoms with Crippen LogP contribution in [-0.4, -0.2) is 86.4 Å². The first-order valence-electron chi connectivity index (χ1n) is 12.3. The molecule has 8 heteroatoms. The summed E-state index contributed by atoms with van der Waals surface area (Å²) in [5.41, 5.74) is 1.02. The molecule has 2 fully saturated rings. The summed E-state index contributed by atoms with van der Waals surface area (Å²) >= 11 is 1.58. The third-order valence-corrected chi connectivity index (χ3v) is 9.66. The van der Waals surface area contributed by atoms with Crippen molar-refractivity contribution >= 4 is 29.5 Å². The van der Waals surface area contributed by atoms with Gasteiger partial charge < -0.3 is 19.8 Å². The zero-order valence-corrected chi connectivity index (χ0v) is 21.2. The van der Waals surface area contributed by atoms with Crippen LogP contribution in [0.2, 0.25) is 0 Å². The molecular weight excluding hydrogens is 462 g/mol. The van der Waals surface area contributed by atoms with E-state index in [1.807, 2.05) is 68.5 Å². The van der Waals surface area contributed by atoms with Crippen LogP contribution < -0.4 is 0 Å². The van der Waals surface area contributed by atoms with Crippen molar-refractivity contribution in [2.75, 3.05) is 26.7 Å². The Balaban J connectivity index is 1.61. The summed E-state index contributed by atoms with van der Waals surface area (Å²) in [6, 6.07) is 8.55. The number of hydrogen-bond acceptors (Lipinski definition) is 5. The standard InChI is InChI=1S/C27H33N3O4S/c1-17(2)19(16-31)30-23-26(34)29(15-18-9-5-4-6-10-18)14-8-12-27(23)22(25(30)33)21-20(35-27)11-7-13-28(3)24(21)32/h4-12,17,19-23,31H,13-16H2,1-3H3/t19-,20+,21-,22-,23?,27-/m0/s1. The van der Waals surface area contributed by atoms with Crippen LogP contribution in [0.1, 0.15) is 19.4 Å². The number of benzene rings is 1. The van der Waals surface area contributed by atoms with Gasteiger partial charge in [-0.3, -0.25) is 14.4 Å². The summed E-state index contributed by atoms with van der Waals surface area (Å²) in [5.74, 6) is -1.60. The maximum Gasteiger partial charge on any atom is 0.247 e. The minimum atomic E-state index is -0.852. The van der Waals surface area contributed by atoms with Gasteiger partial charge in [0, 0.05) is 31.9 Å². The molecular formula is C27H33N3O4S. The van der Waals surface area contributed by atoms with Crippen LogP contribution in [0, 0.1) is 17.8 Å². The molecule has 0 saturated carbocycles. The molecule has 4 heterocycles. The maximum atomic E-state index is 14.3. The third-order valence-electron chi connectivity index (χ3n) is 7.91. The number of thioether (sulfide) groups is 1. The van der Waals surface area contributed by atoms with Crippen molar-refractivity contribution in [3.63, 3.8) is 0 Å². The molecule has 4 aliphatic rings. The predicted molar refractivity (Wildman–Crippen MR) is 135 cm³/mol. The second kappa shape index (κ2) is 9.13. The first-order chi connectivity index (χ1) is 16.8. The summed E-state index contributed by atoms with van der Waals surface area (Å²) in [6.07, 6.45) is 8.04. The summed E-state index contributed by atoms with van der Waals surface area (Å²) < 4.78 is -0.852. The number of likely N-dealkylation sites (tertiary alicyclic amines) is 1. The highest BCUT2D eigenvalue weighted by Gasteiger charge is 2.71. The molecule has 1 aromatic rings. The van der Waals surface area contributed by atoms with Crippen LogP contribution in [0.5, 0.6) is 0 Å². The van der Waals surface area contributed by atoms with Gasteiger partial charge in [0.1, 0.15) is 6.04 Å². The van der Waals surface area contributed by atoms with Gasteiger partial charge in [-0.05, 0) is 11.5 Å². The lowest BCUT2D eigenvalue weighted by atomic mass is 9.78. The van der Waals surface area contributed by atoms with E-state index in [4.69, 9.17) is 0 Å². The first kappa shape index (κ1) is 24.1. The smallest absolute Gasteiger partial charge is 0.247 e. The van der Waals surface area contributed by atoms with Gasteiger partial charge in [-0.25, -0.2) is 0 Å². The largest absolute Gasteiger partial charge is 0.394 e. The zero-order chi connectivity index (χ0) is 24.9. The van der Waals surface area contributed by atoms with Crippen molar-refractivity contribution < 1.29 is 19.5 Å². The molecule has 5 rings (SSSR count). The fraction of sp³-hybridized carbons (Fsp3) is 0.519. The molecule has 35 heavy (non-hydrogen) atoms. The van der Waals surface area contributed by atoms with Gasteiger partial charge in [0.25, 0.3) is 0 Å². The third kappa shape index (κ3) is 3.73. The van der Waals surface area contributed by atoms with Crippen molar-refractivity contribution in [3.05, 3.63) is 60.2 Å². The van der Waals surface area contributed by atoms with E-state index in [1.54, 1.807) is 33.5 Å². The maximum absolute atomic E-state index is 14.3. The second-order valence-electron chi connectivity index (χ2n) is 10.3. The van der Waals surface area contributed by atoms with Crippen molar-refractivity contribution in [1.29, 1.82) is 0 Å². The van der Waals surface area contributed by atoms with E-state index < -0.39 is 28.7 Å². The van der Waals surface area contributed by atoms with Crippen molar-refractivity contribution in [3.8, 4) is 0 Å². The average molecular weight is 496 g/mol. The summed E-state index contributed by atoms with van der Waals surface area (Å²) in [5, 5.41) is 10.2. The molecule has 1 spiro atoms. The number of likely N-dealkylation sites (N-methyl/N-ethyl adjacent to an activating group) is 1. The fourth-order valence-electron chi connectivity index (χ4n) is 6.17. The number of carbonyl (C=O) groups is 3. The van der Waals surface area contributed by atoms with Gasteiger partial charge >= 0.3 is 0 Å². The van der Waals surface area contributed by atoms with Gasteiger partial charge in [-0.2, -0.15) is 0 Å². The van der Waals surface area contributed by atoms with Crippen LogP contribution in [0.4, 0.5) is 0 Å². The predicted octanol–water partition coefficient (Wildman–Crippen LogP) is 1.93. The second-order valence-corrected chi connectivity index (χ2v) is 11.8. The number of hydrogen-bond donors (Lipinski definition) is 1. The SMILES string of the molecule is CC(C)[C@H](CO)N1C(=O)[C@@H]2[C@H]3C(=O)N(C)CC=C[C@H]3S[C@@]23C=CCN(Cc2ccccc2)C(=O)C13. The zero-order valence-electron chi connectivity index (χ0n) is 20.4. The highest BCUT2D eigenvalue weighted by atomic mass is 32.2. The monoisotopic (exact) mass is 495 g/mol. The minimum Gasteiger partial charge on any atom is -0.394 e. The normalized spacial score (nSPS) is 33.1. The number of aliphatic hydroxyl groups excluding tert-OH is 1. The molecule has 6 atom stereocenters. The van der Waals surface area contributed by atoms with E-state index >= 15 is 0 Å². The number of nitrogens with zero attached hydrogens (tertiary/aromatic N) is 3. The fourth-order valence-corrected chi connectivity index (χ4v) is 8.17. The van der Waals surface area contributed by atoms with E-state index in [0.29, 0.717) is 19.6 Å². The lowest BCUT2D eigenvalue weighted by Gasteiger charge is -2.39. The molecule has 3 amide bonds. The number of carbonyl (C=O) groups excluding carboxylic acids is 3. The molecule has 186 valence electrons. The Morgan fingerprint density at radius 3 is 2.49 bits per heavy atom. The quantitative estimate of drug-likeness (QED) is 0.632. The van der Waals surface area contributed by atoms with Crippen molar-refractivity contribution in [2.24, 2.45) is 17.8 Å². The first-order valence-corrected chi connectivity index (χ1v) is 13.2. The Hall–Kier alpha value is -2.58. The molecule has 7 nitrogen and oxygen atoms in total. The molecule has 1 aromatic carbocycles. The topological polar surface area (TPSA) is 81.2 Å². The molecule has 0 aromatic heterocycles. The Morgan fingerprint density at radius 1 is 1.06 bits per heavy atom. The van der Waals surface area contributed by atoms with E-state index in [-0.39, 0.29) is 35.5 Å². The Morgan fingerprint density at radius 2 is 1.80 bits per heavy atom. The summed E-state index contributed by atoms with van der Waals surface area (Å²) in [7, 11) is 1.76. The van der Waals surface area contributed by atoms with Crippen LogP contribution in [-0.2, 0) is 20.9 Å². The lowest BCUT2D eigenvalue weighted by molar-refractivity contribution is -0.147. The van der Waals surface area contributed by atoms with Crippen molar-refractivity contribution in [2.45, 2.75) is 42.5 Å². The number of rotatable bonds is 5. The molecule has 0 radical (unpaired) electrons. The lowest BCUT2D eigenvalue weighted by Crippen LogP contribution is -2.57. The highest BCUT2D eigenvalue weighted by molar-refractivity contribution is 8.02. The van der Waals surface area contributed by atoms with Gasteiger partial charge in [-0.15, -0.1) is 11.8 Å². The molecule has 0 aliphatic carbocycles. The Bertz CT molecular complexity index is 1070. The van der Waals surface area contributed by atoms with Crippen LogP contribution in [0.3, 0.4) is 0 Å². The average Bonchev–Trinajstić information content (AvgIpc) is 3.16. The van der Waals surface area contributed by atoms with Gasteiger partial charge in [0.15, 0.2) is 0 Å². The Labute approximate surface area is 210 Å².